The molecule has 0 saturated heterocycles. The van der Waals surface area contributed by atoms with Crippen LogP contribution < -0.4 is 16.2 Å². The highest BCUT2D eigenvalue weighted by molar-refractivity contribution is 5.49. The Kier molecular flexibility index (Phi) is 5.17. The van der Waals surface area contributed by atoms with Crippen LogP contribution >= 0.6 is 0 Å². The number of anilines is 2. The summed E-state index contributed by atoms with van der Waals surface area (Å²) >= 11 is 0. The highest BCUT2D eigenvalue weighted by atomic mass is 15.3. The van der Waals surface area contributed by atoms with Crippen LogP contribution in [0, 0.1) is 5.92 Å². The zero-order valence-electron chi connectivity index (χ0n) is 12.9. The number of hydrazine groups is 1. The van der Waals surface area contributed by atoms with Gasteiger partial charge in [-0.1, -0.05) is 26.7 Å². The second-order valence-corrected chi connectivity index (χ2v) is 5.86. The predicted octanol–water partition coefficient (Wildman–Crippen LogP) is 2.73. The largest absolute Gasteiger partial charge is 0.356 e. The number of aromatic nitrogens is 2. The number of hydrogen-bond acceptors (Lipinski definition) is 5. The number of nitrogens with two attached hydrogens (primary N) is 1. The molecule has 1 fully saturated rings. The van der Waals surface area contributed by atoms with Gasteiger partial charge in [-0.2, -0.15) is 0 Å². The van der Waals surface area contributed by atoms with Crippen molar-refractivity contribution in [3.05, 3.63) is 11.9 Å². The zero-order chi connectivity index (χ0) is 14.5. The van der Waals surface area contributed by atoms with Crippen LogP contribution in [0.4, 0.5) is 11.6 Å². The molecular formula is C15H27N5. The van der Waals surface area contributed by atoms with Gasteiger partial charge in [-0.05, 0) is 25.2 Å². The minimum absolute atomic E-state index is 0.568. The molecule has 0 amide bonds. The number of hydrogen-bond donors (Lipinski definition) is 2. The lowest BCUT2D eigenvalue weighted by atomic mass is 9.85. The van der Waals surface area contributed by atoms with Gasteiger partial charge in [0, 0.05) is 25.6 Å². The standard InChI is InChI=1S/C15H27N5/c1-4-7-13-17-14(19-16)10-15(18-13)20(3)12-9-6-5-8-11(12)2/h10-12H,4-9,16H2,1-3H3,(H,17,18,19). The lowest BCUT2D eigenvalue weighted by molar-refractivity contribution is 0.320. The first-order chi connectivity index (χ1) is 9.65. The van der Waals surface area contributed by atoms with Crippen molar-refractivity contribution in [3.63, 3.8) is 0 Å². The molecule has 1 heterocycles. The lowest BCUT2D eigenvalue weighted by Gasteiger charge is -2.37. The molecule has 112 valence electrons. The number of aryl methyl sites for hydroxylation is 1. The third kappa shape index (κ3) is 3.39. The van der Waals surface area contributed by atoms with E-state index < -0.39 is 0 Å². The van der Waals surface area contributed by atoms with E-state index in [1.54, 1.807) is 0 Å². The fourth-order valence-corrected chi connectivity index (χ4v) is 3.12. The summed E-state index contributed by atoms with van der Waals surface area (Å²) in [5.74, 6) is 8.80. The Morgan fingerprint density at radius 1 is 1.35 bits per heavy atom. The van der Waals surface area contributed by atoms with Crippen LogP contribution in [0.3, 0.4) is 0 Å². The van der Waals surface area contributed by atoms with Crippen LogP contribution in [0.1, 0.15) is 51.8 Å². The summed E-state index contributed by atoms with van der Waals surface area (Å²) in [7, 11) is 2.14. The maximum absolute atomic E-state index is 5.53. The van der Waals surface area contributed by atoms with E-state index in [9.17, 15) is 0 Å². The summed E-state index contributed by atoms with van der Waals surface area (Å²) in [5, 5.41) is 0. The predicted molar refractivity (Wildman–Crippen MR) is 83.7 cm³/mol. The van der Waals surface area contributed by atoms with Crippen LogP contribution in [0.25, 0.3) is 0 Å². The zero-order valence-corrected chi connectivity index (χ0v) is 12.9. The fraction of sp³-hybridized carbons (Fsp3) is 0.733. The molecule has 1 aromatic heterocycles. The van der Waals surface area contributed by atoms with Crippen molar-refractivity contribution in [3.8, 4) is 0 Å². The monoisotopic (exact) mass is 277 g/mol. The van der Waals surface area contributed by atoms with E-state index in [4.69, 9.17) is 10.8 Å². The van der Waals surface area contributed by atoms with Gasteiger partial charge in [-0.25, -0.2) is 15.8 Å². The second kappa shape index (κ2) is 6.88. The van der Waals surface area contributed by atoms with E-state index in [0.717, 1.165) is 24.5 Å². The average Bonchev–Trinajstić information content (AvgIpc) is 2.47. The minimum atomic E-state index is 0.568. The van der Waals surface area contributed by atoms with Crippen molar-refractivity contribution >= 4 is 11.6 Å². The lowest BCUT2D eigenvalue weighted by Crippen LogP contribution is -2.39. The highest BCUT2D eigenvalue weighted by Crippen LogP contribution is 2.30. The number of nitrogens with one attached hydrogen (secondary N) is 1. The van der Waals surface area contributed by atoms with Gasteiger partial charge < -0.3 is 10.3 Å². The summed E-state index contributed by atoms with van der Waals surface area (Å²) in [4.78, 5) is 11.4. The first kappa shape index (κ1) is 15.0. The Bertz CT molecular complexity index is 434. The Morgan fingerprint density at radius 3 is 2.75 bits per heavy atom. The maximum Gasteiger partial charge on any atom is 0.145 e. The van der Waals surface area contributed by atoms with Crippen molar-refractivity contribution in [1.82, 2.24) is 9.97 Å². The third-order valence-corrected chi connectivity index (χ3v) is 4.31. The molecule has 1 saturated carbocycles. The topological polar surface area (TPSA) is 67.1 Å². The molecule has 0 aromatic carbocycles. The van der Waals surface area contributed by atoms with E-state index in [2.05, 4.69) is 36.2 Å². The van der Waals surface area contributed by atoms with Crippen molar-refractivity contribution in [1.29, 1.82) is 0 Å². The third-order valence-electron chi connectivity index (χ3n) is 4.31. The van der Waals surface area contributed by atoms with Gasteiger partial charge >= 0.3 is 0 Å². The van der Waals surface area contributed by atoms with E-state index >= 15 is 0 Å². The van der Waals surface area contributed by atoms with Crippen molar-refractivity contribution in [2.75, 3.05) is 17.4 Å². The van der Waals surface area contributed by atoms with Crippen molar-refractivity contribution in [2.24, 2.45) is 11.8 Å². The van der Waals surface area contributed by atoms with Gasteiger partial charge in [0.1, 0.15) is 17.5 Å². The Hall–Kier alpha value is -1.36. The molecule has 5 heteroatoms. The molecular weight excluding hydrogens is 250 g/mol. The molecule has 0 spiro atoms. The molecule has 1 aromatic rings. The summed E-state index contributed by atoms with van der Waals surface area (Å²) in [6.07, 6.45) is 7.15. The molecule has 0 radical (unpaired) electrons. The smallest absolute Gasteiger partial charge is 0.145 e. The van der Waals surface area contributed by atoms with Gasteiger partial charge in [0.15, 0.2) is 0 Å². The summed E-state index contributed by atoms with van der Waals surface area (Å²) < 4.78 is 0. The number of nitrogen functional groups attached to an aromatic ring is 1. The summed E-state index contributed by atoms with van der Waals surface area (Å²) in [6.45, 7) is 4.48. The van der Waals surface area contributed by atoms with E-state index in [1.807, 2.05) is 6.07 Å². The normalized spacial score (nSPS) is 22.6. The fourth-order valence-electron chi connectivity index (χ4n) is 3.12. The first-order valence-electron chi connectivity index (χ1n) is 7.73. The van der Waals surface area contributed by atoms with Crippen molar-refractivity contribution < 1.29 is 0 Å². The number of nitrogens with zero attached hydrogens (tertiary/aromatic N) is 3. The van der Waals surface area contributed by atoms with E-state index in [0.29, 0.717) is 17.8 Å². The van der Waals surface area contributed by atoms with Crippen LogP contribution in [0.2, 0.25) is 0 Å². The highest BCUT2D eigenvalue weighted by Gasteiger charge is 2.26. The van der Waals surface area contributed by atoms with E-state index in [-0.39, 0.29) is 0 Å². The van der Waals surface area contributed by atoms with Gasteiger partial charge in [-0.3, -0.25) is 0 Å². The van der Waals surface area contributed by atoms with Crippen molar-refractivity contribution in [2.45, 2.75) is 58.4 Å². The van der Waals surface area contributed by atoms with E-state index in [1.165, 1.54) is 25.7 Å². The van der Waals surface area contributed by atoms with Gasteiger partial charge in [0.2, 0.25) is 0 Å². The molecule has 2 atom stereocenters. The molecule has 5 nitrogen and oxygen atoms in total. The second-order valence-electron chi connectivity index (χ2n) is 5.86. The first-order valence-corrected chi connectivity index (χ1v) is 7.73. The van der Waals surface area contributed by atoms with Crippen LogP contribution in [0.5, 0.6) is 0 Å². The Morgan fingerprint density at radius 2 is 2.10 bits per heavy atom. The molecule has 0 bridgehead atoms. The molecule has 2 rings (SSSR count). The van der Waals surface area contributed by atoms with Crippen LogP contribution in [0.15, 0.2) is 6.07 Å². The minimum Gasteiger partial charge on any atom is -0.356 e. The Balaban J connectivity index is 2.23. The quantitative estimate of drug-likeness (QED) is 0.640. The number of rotatable bonds is 5. The molecule has 2 unspecified atom stereocenters. The van der Waals surface area contributed by atoms with Gasteiger partial charge in [0.05, 0.1) is 0 Å². The van der Waals surface area contributed by atoms with Crippen LogP contribution in [-0.2, 0) is 6.42 Å². The van der Waals surface area contributed by atoms with Gasteiger partial charge in [0.25, 0.3) is 0 Å². The molecule has 1 aliphatic rings. The molecule has 1 aliphatic carbocycles. The summed E-state index contributed by atoms with van der Waals surface area (Å²) in [6, 6.07) is 2.51. The van der Waals surface area contributed by atoms with Gasteiger partial charge in [-0.15, -0.1) is 0 Å². The molecule has 0 aliphatic heterocycles. The Labute approximate surface area is 121 Å². The van der Waals surface area contributed by atoms with Crippen LogP contribution in [-0.4, -0.2) is 23.1 Å². The average molecular weight is 277 g/mol. The summed E-state index contributed by atoms with van der Waals surface area (Å²) in [5.41, 5.74) is 2.66. The maximum atomic E-state index is 5.53. The SMILES string of the molecule is CCCc1nc(NN)cc(N(C)C2CCCCC2C)n1. The molecule has 20 heavy (non-hydrogen) atoms. The molecule has 3 N–H and O–H groups in total.